The zero-order valence-electron chi connectivity index (χ0n) is 10.7. The Morgan fingerprint density at radius 3 is 2.70 bits per heavy atom. The van der Waals surface area contributed by atoms with Gasteiger partial charge in [-0.15, -0.1) is 0 Å². The lowest BCUT2D eigenvalue weighted by atomic mass is 9.92. The van der Waals surface area contributed by atoms with Crippen molar-refractivity contribution < 1.29 is 14.8 Å². The number of halogens is 1. The highest BCUT2D eigenvalue weighted by Gasteiger charge is 2.25. The number of benzene rings is 1. The first-order valence-electron chi connectivity index (χ1n) is 6.41. The molecule has 7 heteroatoms. The van der Waals surface area contributed by atoms with Crippen molar-refractivity contribution in [3.63, 3.8) is 0 Å². The van der Waals surface area contributed by atoms with Crippen LogP contribution in [0.2, 0.25) is 5.02 Å². The van der Waals surface area contributed by atoms with Crippen molar-refractivity contribution in [2.45, 2.75) is 37.8 Å². The maximum Gasteiger partial charge on any atom is 0.271 e. The van der Waals surface area contributed by atoms with Gasteiger partial charge >= 0.3 is 0 Å². The molecule has 1 amide bonds. The summed E-state index contributed by atoms with van der Waals surface area (Å²) in [6.07, 6.45) is 2.67. The first-order chi connectivity index (χ1) is 9.47. The van der Waals surface area contributed by atoms with Crippen LogP contribution >= 0.6 is 11.6 Å². The number of rotatable bonds is 3. The summed E-state index contributed by atoms with van der Waals surface area (Å²) in [6.45, 7) is 0. The number of hydrogen-bond donors (Lipinski definition) is 2. The van der Waals surface area contributed by atoms with Gasteiger partial charge in [-0.1, -0.05) is 24.4 Å². The predicted molar refractivity (Wildman–Crippen MR) is 73.8 cm³/mol. The van der Waals surface area contributed by atoms with Crippen LogP contribution in [0.1, 0.15) is 36.0 Å². The Labute approximate surface area is 120 Å². The molecule has 1 aliphatic rings. The molecule has 1 saturated carbocycles. The third-order valence-electron chi connectivity index (χ3n) is 3.40. The van der Waals surface area contributed by atoms with Gasteiger partial charge in [0.25, 0.3) is 11.6 Å². The lowest BCUT2D eigenvalue weighted by molar-refractivity contribution is -0.384. The van der Waals surface area contributed by atoms with Crippen molar-refractivity contribution >= 4 is 23.2 Å². The van der Waals surface area contributed by atoms with Crippen molar-refractivity contribution in [1.29, 1.82) is 0 Å². The summed E-state index contributed by atoms with van der Waals surface area (Å²) in [4.78, 5) is 22.2. The topological polar surface area (TPSA) is 92.5 Å². The zero-order chi connectivity index (χ0) is 14.7. The molecule has 0 aromatic heterocycles. The van der Waals surface area contributed by atoms with Crippen LogP contribution in [0.4, 0.5) is 5.69 Å². The first kappa shape index (κ1) is 14.7. The number of nitro groups is 1. The number of carbonyl (C=O) groups is 1. The Hall–Kier alpha value is -1.66. The molecule has 0 radical (unpaired) electrons. The van der Waals surface area contributed by atoms with Gasteiger partial charge in [0.2, 0.25) is 0 Å². The van der Waals surface area contributed by atoms with Gasteiger partial charge in [0.15, 0.2) is 0 Å². The summed E-state index contributed by atoms with van der Waals surface area (Å²) in [5.41, 5.74) is -0.103. The fourth-order valence-electron chi connectivity index (χ4n) is 2.34. The molecule has 0 heterocycles. The largest absolute Gasteiger partial charge is 0.391 e. The molecule has 0 saturated heterocycles. The first-order valence-corrected chi connectivity index (χ1v) is 6.79. The maximum absolute atomic E-state index is 12.1. The van der Waals surface area contributed by atoms with E-state index in [0.29, 0.717) is 12.8 Å². The Kier molecular flexibility index (Phi) is 4.57. The fraction of sp³-hybridized carbons (Fsp3) is 0.462. The second-order valence-corrected chi connectivity index (χ2v) is 5.32. The van der Waals surface area contributed by atoms with Gasteiger partial charge in [0.1, 0.15) is 0 Å². The fourth-order valence-corrected chi connectivity index (χ4v) is 2.57. The number of hydrogen-bond acceptors (Lipinski definition) is 4. The van der Waals surface area contributed by atoms with Crippen molar-refractivity contribution in [1.82, 2.24) is 5.32 Å². The van der Waals surface area contributed by atoms with Crippen LogP contribution in [0, 0.1) is 10.1 Å². The third-order valence-corrected chi connectivity index (χ3v) is 3.62. The summed E-state index contributed by atoms with van der Waals surface area (Å²) in [7, 11) is 0. The van der Waals surface area contributed by atoms with Crippen molar-refractivity contribution in [2.24, 2.45) is 0 Å². The average Bonchev–Trinajstić information content (AvgIpc) is 2.40. The highest BCUT2D eigenvalue weighted by Crippen LogP contribution is 2.22. The average molecular weight is 299 g/mol. The van der Waals surface area contributed by atoms with E-state index in [9.17, 15) is 20.0 Å². The van der Waals surface area contributed by atoms with Crippen LogP contribution in [0.3, 0.4) is 0 Å². The molecule has 108 valence electrons. The molecule has 6 nitrogen and oxygen atoms in total. The number of nitrogens with zero attached hydrogens (tertiary/aromatic N) is 1. The minimum absolute atomic E-state index is 0.127. The second kappa shape index (κ2) is 6.19. The monoisotopic (exact) mass is 298 g/mol. The van der Waals surface area contributed by atoms with Crippen molar-refractivity contribution in [3.8, 4) is 0 Å². The number of nitrogens with one attached hydrogen (secondary N) is 1. The molecule has 0 bridgehead atoms. The number of carbonyl (C=O) groups excluding carboxylic acids is 1. The van der Waals surface area contributed by atoms with Crippen LogP contribution in [-0.2, 0) is 0 Å². The lowest BCUT2D eigenvalue weighted by Crippen LogP contribution is -2.45. The Bertz CT molecular complexity index is 535. The number of non-ortho nitro benzene ring substituents is 1. The lowest BCUT2D eigenvalue weighted by Gasteiger charge is -2.28. The molecular formula is C13H15ClN2O4. The minimum atomic E-state index is -0.599. The van der Waals surface area contributed by atoms with E-state index >= 15 is 0 Å². The van der Waals surface area contributed by atoms with Crippen LogP contribution in [0.15, 0.2) is 18.2 Å². The quantitative estimate of drug-likeness (QED) is 0.661. The molecule has 0 unspecified atom stereocenters. The van der Waals surface area contributed by atoms with Gasteiger partial charge < -0.3 is 10.4 Å². The van der Waals surface area contributed by atoms with Gasteiger partial charge in [-0.2, -0.15) is 0 Å². The standard InChI is InChI=1S/C13H15ClN2O4/c14-9-5-8(6-10(7-9)16(19)20)13(18)15-11-3-1-2-4-12(11)17/h5-7,11-12,17H,1-4H2,(H,15,18)/t11-,12-/m0/s1. The minimum Gasteiger partial charge on any atom is -0.391 e. The molecule has 20 heavy (non-hydrogen) atoms. The molecular weight excluding hydrogens is 284 g/mol. The molecule has 1 aliphatic carbocycles. The van der Waals surface area contributed by atoms with Crippen LogP contribution in [0.5, 0.6) is 0 Å². The molecule has 1 aromatic rings. The Balaban J connectivity index is 2.14. The zero-order valence-corrected chi connectivity index (χ0v) is 11.5. The SMILES string of the molecule is O=C(N[C@H]1CCCC[C@@H]1O)c1cc(Cl)cc([N+](=O)[O-])c1. The molecule has 0 aliphatic heterocycles. The maximum atomic E-state index is 12.1. The highest BCUT2D eigenvalue weighted by molar-refractivity contribution is 6.31. The van der Waals surface area contributed by atoms with E-state index in [1.807, 2.05) is 0 Å². The molecule has 2 rings (SSSR count). The van der Waals surface area contributed by atoms with Gasteiger partial charge in [-0.3, -0.25) is 14.9 Å². The number of aliphatic hydroxyl groups is 1. The van der Waals surface area contributed by atoms with E-state index in [0.717, 1.165) is 12.8 Å². The summed E-state index contributed by atoms with van der Waals surface area (Å²) < 4.78 is 0. The normalized spacial score (nSPS) is 22.3. The van der Waals surface area contributed by atoms with Gasteiger partial charge in [-0.05, 0) is 18.9 Å². The summed E-state index contributed by atoms with van der Waals surface area (Å²) >= 11 is 5.78. The summed E-state index contributed by atoms with van der Waals surface area (Å²) in [5.74, 6) is -0.457. The molecule has 2 N–H and O–H groups in total. The van der Waals surface area contributed by atoms with E-state index in [4.69, 9.17) is 11.6 Å². The van der Waals surface area contributed by atoms with E-state index in [2.05, 4.69) is 5.32 Å². The molecule has 2 atom stereocenters. The van der Waals surface area contributed by atoms with E-state index < -0.39 is 16.9 Å². The van der Waals surface area contributed by atoms with E-state index in [1.165, 1.54) is 18.2 Å². The van der Waals surface area contributed by atoms with Gasteiger partial charge in [0, 0.05) is 22.7 Å². The number of amides is 1. The van der Waals surface area contributed by atoms with Crippen molar-refractivity contribution in [2.75, 3.05) is 0 Å². The van der Waals surface area contributed by atoms with Crippen LogP contribution < -0.4 is 5.32 Å². The molecule has 1 fully saturated rings. The highest BCUT2D eigenvalue weighted by atomic mass is 35.5. The second-order valence-electron chi connectivity index (χ2n) is 4.89. The predicted octanol–water partition coefficient (Wildman–Crippen LogP) is 2.28. The molecule has 1 aromatic carbocycles. The Morgan fingerprint density at radius 2 is 2.05 bits per heavy atom. The Morgan fingerprint density at radius 1 is 1.35 bits per heavy atom. The van der Waals surface area contributed by atoms with Gasteiger partial charge in [-0.25, -0.2) is 0 Å². The smallest absolute Gasteiger partial charge is 0.271 e. The third kappa shape index (κ3) is 3.46. The summed E-state index contributed by atoms with van der Waals surface area (Å²) in [6, 6.07) is 3.43. The van der Waals surface area contributed by atoms with E-state index in [-0.39, 0.29) is 22.3 Å². The van der Waals surface area contributed by atoms with Gasteiger partial charge in [0.05, 0.1) is 17.1 Å². The van der Waals surface area contributed by atoms with Crippen molar-refractivity contribution in [3.05, 3.63) is 38.9 Å². The number of aliphatic hydroxyl groups excluding tert-OH is 1. The van der Waals surface area contributed by atoms with Crippen LogP contribution in [0.25, 0.3) is 0 Å². The van der Waals surface area contributed by atoms with Crippen LogP contribution in [-0.4, -0.2) is 28.1 Å². The van der Waals surface area contributed by atoms with E-state index in [1.54, 1.807) is 0 Å². The summed E-state index contributed by atoms with van der Waals surface area (Å²) in [5, 5.41) is 23.4. The number of nitro benzene ring substituents is 1. The molecule has 0 spiro atoms.